The van der Waals surface area contributed by atoms with Gasteiger partial charge in [0.1, 0.15) is 10.7 Å². The molecule has 5 heteroatoms. The van der Waals surface area contributed by atoms with Gasteiger partial charge in [-0.25, -0.2) is 0 Å². The van der Waals surface area contributed by atoms with E-state index in [4.69, 9.17) is 22.7 Å². The van der Waals surface area contributed by atoms with Gasteiger partial charge in [0.25, 0.3) is 0 Å². The van der Waals surface area contributed by atoms with Crippen molar-refractivity contribution in [1.29, 1.82) is 0 Å². The molecule has 4 nitrogen and oxygen atoms in total. The Morgan fingerprint density at radius 3 is 2.71 bits per heavy atom. The van der Waals surface area contributed by atoms with Crippen LogP contribution >= 0.6 is 12.2 Å². The van der Waals surface area contributed by atoms with E-state index in [1.165, 1.54) is 0 Å². The molecule has 0 heterocycles. The largest absolute Gasteiger partial charge is 0.497 e. The summed E-state index contributed by atoms with van der Waals surface area (Å²) in [7, 11) is 1.60. The van der Waals surface area contributed by atoms with Crippen LogP contribution in [0.2, 0.25) is 0 Å². The number of nitrogens with one attached hydrogen (secondary N) is 1. The summed E-state index contributed by atoms with van der Waals surface area (Å²) in [5, 5.41) is 2.83. The SMILES string of the molecule is COc1cccc(CC(=O)Nc2cccc(C(N)=S)c2)c1. The average molecular weight is 300 g/mol. The fourth-order valence-electron chi connectivity index (χ4n) is 1.92. The van der Waals surface area contributed by atoms with E-state index in [9.17, 15) is 4.79 Å². The standard InChI is InChI=1S/C16H16N2O2S/c1-20-14-7-2-4-11(8-14)9-15(19)18-13-6-3-5-12(10-13)16(17)21/h2-8,10H,9H2,1H3,(H2,17,21)(H,18,19). The highest BCUT2D eigenvalue weighted by molar-refractivity contribution is 7.80. The first kappa shape index (κ1) is 15.0. The molecule has 0 saturated carbocycles. The summed E-state index contributed by atoms with van der Waals surface area (Å²) < 4.78 is 5.14. The Hall–Kier alpha value is -2.40. The van der Waals surface area contributed by atoms with Gasteiger partial charge >= 0.3 is 0 Å². The Morgan fingerprint density at radius 1 is 1.24 bits per heavy atom. The molecule has 3 N–H and O–H groups in total. The Bertz CT molecular complexity index is 671. The number of methoxy groups -OCH3 is 1. The van der Waals surface area contributed by atoms with Crippen molar-refractivity contribution >= 4 is 28.8 Å². The Balaban J connectivity index is 2.04. The molecule has 0 bridgehead atoms. The number of hydrogen-bond acceptors (Lipinski definition) is 3. The first-order valence-electron chi connectivity index (χ1n) is 6.41. The Labute approximate surface area is 128 Å². The molecule has 1 amide bonds. The number of amides is 1. The zero-order valence-corrected chi connectivity index (χ0v) is 12.4. The second-order valence-corrected chi connectivity index (χ2v) is 4.96. The maximum atomic E-state index is 12.0. The first-order chi connectivity index (χ1) is 10.1. The van der Waals surface area contributed by atoms with Crippen molar-refractivity contribution in [2.45, 2.75) is 6.42 Å². The van der Waals surface area contributed by atoms with Crippen LogP contribution < -0.4 is 15.8 Å². The summed E-state index contributed by atoms with van der Waals surface area (Å²) in [5.41, 5.74) is 7.86. The number of carbonyl (C=O) groups is 1. The lowest BCUT2D eigenvalue weighted by Crippen LogP contribution is -2.15. The van der Waals surface area contributed by atoms with Crippen molar-refractivity contribution in [2.24, 2.45) is 5.73 Å². The molecule has 108 valence electrons. The summed E-state index contributed by atoms with van der Waals surface area (Å²) in [6.07, 6.45) is 0.272. The molecule has 2 aromatic carbocycles. The number of carbonyl (C=O) groups excluding carboxylic acids is 1. The molecule has 0 saturated heterocycles. The first-order valence-corrected chi connectivity index (χ1v) is 6.82. The van der Waals surface area contributed by atoms with Gasteiger partial charge in [-0.3, -0.25) is 4.79 Å². The lowest BCUT2D eigenvalue weighted by molar-refractivity contribution is -0.115. The molecule has 0 aliphatic rings. The molecular formula is C16H16N2O2S. The smallest absolute Gasteiger partial charge is 0.228 e. The van der Waals surface area contributed by atoms with Crippen LogP contribution in [0.15, 0.2) is 48.5 Å². The number of ether oxygens (including phenoxy) is 1. The van der Waals surface area contributed by atoms with Gasteiger partial charge in [-0.1, -0.05) is 36.5 Å². The molecule has 2 aromatic rings. The van der Waals surface area contributed by atoms with Crippen molar-refractivity contribution in [3.63, 3.8) is 0 Å². The highest BCUT2D eigenvalue weighted by atomic mass is 32.1. The van der Waals surface area contributed by atoms with Crippen LogP contribution in [0.5, 0.6) is 5.75 Å². The number of rotatable bonds is 5. The van der Waals surface area contributed by atoms with Crippen LogP contribution in [0.25, 0.3) is 0 Å². The minimum Gasteiger partial charge on any atom is -0.497 e. The minimum atomic E-state index is -0.108. The third kappa shape index (κ3) is 4.29. The third-order valence-electron chi connectivity index (χ3n) is 2.93. The highest BCUT2D eigenvalue weighted by Gasteiger charge is 2.06. The van der Waals surface area contributed by atoms with E-state index in [2.05, 4.69) is 5.32 Å². The van der Waals surface area contributed by atoms with Gasteiger partial charge in [-0.05, 0) is 29.8 Å². The molecule has 0 unspecified atom stereocenters. The van der Waals surface area contributed by atoms with Crippen LogP contribution in [0.3, 0.4) is 0 Å². The van der Waals surface area contributed by atoms with Crippen LogP contribution in [-0.2, 0) is 11.2 Å². The van der Waals surface area contributed by atoms with E-state index < -0.39 is 0 Å². The fourth-order valence-corrected chi connectivity index (χ4v) is 2.05. The molecule has 0 atom stereocenters. The molecule has 0 spiro atoms. The van der Waals surface area contributed by atoms with Gasteiger partial charge in [0.15, 0.2) is 0 Å². The molecule has 2 rings (SSSR count). The zero-order valence-electron chi connectivity index (χ0n) is 11.6. The van der Waals surface area contributed by atoms with Crippen LogP contribution in [0.1, 0.15) is 11.1 Å². The molecule has 21 heavy (non-hydrogen) atoms. The summed E-state index contributed by atoms with van der Waals surface area (Å²) in [6.45, 7) is 0. The predicted octanol–water partition coefficient (Wildman–Crippen LogP) is 2.51. The zero-order chi connectivity index (χ0) is 15.2. The van der Waals surface area contributed by atoms with Gasteiger partial charge in [0, 0.05) is 11.3 Å². The lowest BCUT2D eigenvalue weighted by atomic mass is 10.1. The summed E-state index contributed by atoms with van der Waals surface area (Å²) >= 11 is 4.92. The fraction of sp³-hybridized carbons (Fsp3) is 0.125. The van der Waals surface area contributed by atoms with Gasteiger partial charge in [-0.15, -0.1) is 0 Å². The Kier molecular flexibility index (Phi) is 4.90. The highest BCUT2D eigenvalue weighted by Crippen LogP contribution is 2.15. The number of benzene rings is 2. The van der Waals surface area contributed by atoms with Crippen molar-refractivity contribution in [3.8, 4) is 5.75 Å². The van der Waals surface area contributed by atoms with Gasteiger partial charge in [-0.2, -0.15) is 0 Å². The molecular weight excluding hydrogens is 284 g/mol. The number of nitrogens with two attached hydrogens (primary N) is 1. The van der Waals surface area contributed by atoms with E-state index in [1.807, 2.05) is 24.3 Å². The minimum absolute atomic E-state index is 0.108. The Morgan fingerprint density at radius 2 is 2.00 bits per heavy atom. The van der Waals surface area contributed by atoms with Crippen molar-refractivity contribution < 1.29 is 9.53 Å². The topological polar surface area (TPSA) is 64.3 Å². The summed E-state index contributed by atoms with van der Waals surface area (Å²) in [6, 6.07) is 14.6. The number of hydrogen-bond donors (Lipinski definition) is 2. The second kappa shape index (κ2) is 6.85. The van der Waals surface area contributed by atoms with Gasteiger partial charge < -0.3 is 15.8 Å². The lowest BCUT2D eigenvalue weighted by Gasteiger charge is -2.08. The quantitative estimate of drug-likeness (QED) is 0.833. The third-order valence-corrected chi connectivity index (χ3v) is 3.17. The molecule has 0 aliphatic heterocycles. The van der Waals surface area contributed by atoms with Crippen LogP contribution in [0.4, 0.5) is 5.69 Å². The maximum absolute atomic E-state index is 12.0. The monoisotopic (exact) mass is 300 g/mol. The molecule has 0 aromatic heterocycles. The van der Waals surface area contributed by atoms with Crippen molar-refractivity contribution in [2.75, 3.05) is 12.4 Å². The van der Waals surface area contributed by atoms with Gasteiger partial charge in [0.2, 0.25) is 5.91 Å². The van der Waals surface area contributed by atoms with Gasteiger partial charge in [0.05, 0.1) is 13.5 Å². The molecule has 0 fully saturated rings. The van der Waals surface area contributed by atoms with E-state index in [-0.39, 0.29) is 12.3 Å². The summed E-state index contributed by atoms with van der Waals surface area (Å²) in [5.74, 6) is 0.624. The maximum Gasteiger partial charge on any atom is 0.228 e. The number of thiocarbonyl (C=S) groups is 1. The normalized spacial score (nSPS) is 9.95. The van der Waals surface area contributed by atoms with Crippen molar-refractivity contribution in [3.05, 3.63) is 59.7 Å². The van der Waals surface area contributed by atoms with E-state index >= 15 is 0 Å². The van der Waals surface area contributed by atoms with E-state index in [1.54, 1.807) is 31.4 Å². The van der Waals surface area contributed by atoms with Crippen LogP contribution in [0, 0.1) is 0 Å². The molecule has 0 radical (unpaired) electrons. The average Bonchev–Trinajstić information content (AvgIpc) is 2.47. The van der Waals surface area contributed by atoms with E-state index in [0.29, 0.717) is 10.7 Å². The second-order valence-electron chi connectivity index (χ2n) is 4.52. The van der Waals surface area contributed by atoms with Crippen LogP contribution in [-0.4, -0.2) is 18.0 Å². The summed E-state index contributed by atoms with van der Waals surface area (Å²) in [4.78, 5) is 12.4. The predicted molar refractivity (Wildman–Crippen MR) is 87.7 cm³/mol. The van der Waals surface area contributed by atoms with Crippen molar-refractivity contribution in [1.82, 2.24) is 0 Å². The molecule has 0 aliphatic carbocycles. The van der Waals surface area contributed by atoms with E-state index in [0.717, 1.165) is 16.9 Å². The number of anilines is 1.